The number of aromatic nitrogens is 1. The Morgan fingerprint density at radius 3 is 2.87 bits per heavy atom. The number of carbonyl (C=O) groups excluding carboxylic acids is 1. The Bertz CT molecular complexity index is 768. The minimum Gasteiger partial charge on any atom is -0.496 e. The van der Waals surface area contributed by atoms with Crippen molar-refractivity contribution in [1.29, 1.82) is 0 Å². The van der Waals surface area contributed by atoms with Gasteiger partial charge in [-0.3, -0.25) is 4.79 Å². The maximum absolute atomic E-state index is 12.5. The second kappa shape index (κ2) is 5.75. The zero-order valence-electron chi connectivity index (χ0n) is 13.1. The SMILES string of the molecule is COc1ccccc1C1=NO[C@](C)(C(=O)Nc2cc(C)on2)C1. The number of methoxy groups -OCH3 is 1. The summed E-state index contributed by atoms with van der Waals surface area (Å²) in [7, 11) is 1.59. The monoisotopic (exact) mass is 315 g/mol. The first-order chi connectivity index (χ1) is 11.0. The highest BCUT2D eigenvalue weighted by atomic mass is 16.7. The number of nitrogens with one attached hydrogen (secondary N) is 1. The van der Waals surface area contributed by atoms with E-state index in [2.05, 4.69) is 15.6 Å². The molecule has 1 aliphatic heterocycles. The zero-order valence-corrected chi connectivity index (χ0v) is 13.1. The van der Waals surface area contributed by atoms with E-state index in [1.807, 2.05) is 24.3 Å². The van der Waals surface area contributed by atoms with E-state index in [0.717, 1.165) is 5.56 Å². The molecule has 1 amide bonds. The van der Waals surface area contributed by atoms with E-state index in [0.29, 0.717) is 29.5 Å². The fourth-order valence-corrected chi connectivity index (χ4v) is 2.36. The molecule has 1 atom stereocenters. The summed E-state index contributed by atoms with van der Waals surface area (Å²) in [5.74, 6) is 1.32. The highest BCUT2D eigenvalue weighted by Crippen LogP contribution is 2.31. The van der Waals surface area contributed by atoms with Crippen molar-refractivity contribution in [2.75, 3.05) is 12.4 Å². The molecule has 0 saturated heterocycles. The van der Waals surface area contributed by atoms with Crippen LogP contribution in [0.2, 0.25) is 0 Å². The molecule has 2 heterocycles. The molecule has 3 rings (SSSR count). The van der Waals surface area contributed by atoms with Gasteiger partial charge < -0.3 is 19.4 Å². The molecular formula is C16H17N3O4. The van der Waals surface area contributed by atoms with Gasteiger partial charge in [-0.25, -0.2) is 0 Å². The molecule has 1 aromatic heterocycles. The molecule has 120 valence electrons. The summed E-state index contributed by atoms with van der Waals surface area (Å²) < 4.78 is 10.3. The fraction of sp³-hybridized carbons (Fsp3) is 0.312. The van der Waals surface area contributed by atoms with E-state index < -0.39 is 5.60 Å². The molecule has 7 heteroatoms. The highest BCUT2D eigenvalue weighted by molar-refractivity contribution is 6.09. The lowest BCUT2D eigenvalue weighted by atomic mass is 9.94. The summed E-state index contributed by atoms with van der Waals surface area (Å²) >= 11 is 0. The van der Waals surface area contributed by atoms with Crippen molar-refractivity contribution in [3.8, 4) is 5.75 Å². The van der Waals surface area contributed by atoms with Gasteiger partial charge in [0.2, 0.25) is 5.60 Å². The van der Waals surface area contributed by atoms with E-state index in [9.17, 15) is 4.79 Å². The topological polar surface area (TPSA) is 86.0 Å². The van der Waals surface area contributed by atoms with E-state index in [1.165, 1.54) is 0 Å². The van der Waals surface area contributed by atoms with Crippen molar-refractivity contribution in [2.24, 2.45) is 5.16 Å². The number of amides is 1. The van der Waals surface area contributed by atoms with E-state index in [1.54, 1.807) is 27.0 Å². The molecule has 1 N–H and O–H groups in total. The van der Waals surface area contributed by atoms with Gasteiger partial charge in [-0.05, 0) is 26.0 Å². The van der Waals surface area contributed by atoms with Crippen molar-refractivity contribution in [3.05, 3.63) is 41.7 Å². The van der Waals surface area contributed by atoms with Crippen LogP contribution in [0.1, 0.15) is 24.7 Å². The molecule has 23 heavy (non-hydrogen) atoms. The highest BCUT2D eigenvalue weighted by Gasteiger charge is 2.43. The maximum Gasteiger partial charge on any atom is 0.272 e. The predicted octanol–water partition coefficient (Wildman–Crippen LogP) is 2.51. The van der Waals surface area contributed by atoms with Crippen LogP contribution in [0.4, 0.5) is 5.82 Å². The number of anilines is 1. The molecule has 0 saturated carbocycles. The Morgan fingerprint density at radius 2 is 2.17 bits per heavy atom. The van der Waals surface area contributed by atoms with Crippen LogP contribution in [0.5, 0.6) is 5.75 Å². The number of hydrogen-bond donors (Lipinski definition) is 1. The van der Waals surface area contributed by atoms with Crippen LogP contribution in [-0.2, 0) is 9.63 Å². The number of aryl methyl sites for hydroxylation is 1. The summed E-state index contributed by atoms with van der Waals surface area (Å²) in [4.78, 5) is 17.9. The van der Waals surface area contributed by atoms with Gasteiger partial charge in [0.05, 0.1) is 12.8 Å². The van der Waals surface area contributed by atoms with Crippen LogP contribution >= 0.6 is 0 Å². The molecule has 0 fully saturated rings. The number of hydrogen-bond acceptors (Lipinski definition) is 6. The number of rotatable bonds is 4. The molecule has 1 aliphatic rings. The van der Waals surface area contributed by atoms with E-state index >= 15 is 0 Å². The zero-order chi connectivity index (χ0) is 16.4. The molecule has 0 radical (unpaired) electrons. The standard InChI is InChI=1S/C16H17N3O4/c1-10-8-14(19-22-10)17-15(20)16(2)9-12(18-23-16)11-6-4-5-7-13(11)21-3/h4-8H,9H2,1-3H3,(H,17,19,20)/t16-/m0/s1. The smallest absolute Gasteiger partial charge is 0.272 e. The molecule has 1 aromatic carbocycles. The van der Waals surface area contributed by atoms with Gasteiger partial charge >= 0.3 is 0 Å². The second-order valence-corrected chi connectivity index (χ2v) is 5.51. The minimum absolute atomic E-state index is 0.329. The third kappa shape index (κ3) is 2.90. The Labute approximate surface area is 133 Å². The van der Waals surface area contributed by atoms with Crippen LogP contribution in [-0.4, -0.2) is 29.5 Å². The van der Waals surface area contributed by atoms with E-state index in [4.69, 9.17) is 14.1 Å². The lowest BCUT2D eigenvalue weighted by Gasteiger charge is -2.19. The van der Waals surface area contributed by atoms with Crippen LogP contribution in [0, 0.1) is 6.92 Å². The minimum atomic E-state index is -1.11. The molecule has 2 aromatic rings. The number of benzene rings is 1. The van der Waals surface area contributed by atoms with Gasteiger partial charge in [0.1, 0.15) is 11.5 Å². The number of ether oxygens (including phenoxy) is 1. The molecular weight excluding hydrogens is 298 g/mol. The first-order valence-electron chi connectivity index (χ1n) is 7.15. The summed E-state index contributed by atoms with van der Waals surface area (Å²) in [6, 6.07) is 9.11. The summed E-state index contributed by atoms with van der Waals surface area (Å²) in [5.41, 5.74) is 0.364. The Kier molecular flexibility index (Phi) is 3.77. The normalized spacial score (nSPS) is 19.9. The number of nitrogens with zero attached hydrogens (tertiary/aromatic N) is 2. The molecule has 0 bridgehead atoms. The quantitative estimate of drug-likeness (QED) is 0.937. The Balaban J connectivity index is 1.75. The van der Waals surface area contributed by atoms with Gasteiger partial charge in [0, 0.05) is 18.1 Å². The average molecular weight is 315 g/mol. The van der Waals surface area contributed by atoms with Crippen LogP contribution in [0.3, 0.4) is 0 Å². The molecule has 0 unspecified atom stereocenters. The molecule has 7 nitrogen and oxygen atoms in total. The number of carbonyl (C=O) groups is 1. The molecule has 0 aliphatic carbocycles. The average Bonchev–Trinajstić information content (AvgIpc) is 3.14. The number of oxime groups is 1. The summed E-state index contributed by atoms with van der Waals surface area (Å²) in [6.45, 7) is 3.43. The first-order valence-corrected chi connectivity index (χ1v) is 7.15. The Morgan fingerprint density at radius 1 is 1.39 bits per heavy atom. The van der Waals surface area contributed by atoms with Gasteiger partial charge in [-0.2, -0.15) is 0 Å². The van der Waals surface area contributed by atoms with Gasteiger partial charge in [-0.1, -0.05) is 22.4 Å². The summed E-state index contributed by atoms with van der Waals surface area (Å²) in [5, 5.41) is 10.5. The van der Waals surface area contributed by atoms with Crippen molar-refractivity contribution >= 4 is 17.4 Å². The van der Waals surface area contributed by atoms with Crippen LogP contribution in [0.25, 0.3) is 0 Å². The van der Waals surface area contributed by atoms with Crippen molar-refractivity contribution in [2.45, 2.75) is 25.9 Å². The van der Waals surface area contributed by atoms with Crippen LogP contribution in [0.15, 0.2) is 40.0 Å². The number of para-hydroxylation sites is 1. The predicted molar refractivity (Wildman–Crippen MR) is 83.5 cm³/mol. The first kappa shape index (κ1) is 15.1. The fourth-order valence-electron chi connectivity index (χ4n) is 2.36. The van der Waals surface area contributed by atoms with Crippen LogP contribution < -0.4 is 10.1 Å². The van der Waals surface area contributed by atoms with Gasteiger partial charge in [-0.15, -0.1) is 0 Å². The largest absolute Gasteiger partial charge is 0.496 e. The lowest BCUT2D eigenvalue weighted by molar-refractivity contribution is -0.136. The third-order valence-corrected chi connectivity index (χ3v) is 3.63. The lowest BCUT2D eigenvalue weighted by Crippen LogP contribution is -2.40. The van der Waals surface area contributed by atoms with Crippen molar-refractivity contribution in [3.63, 3.8) is 0 Å². The maximum atomic E-state index is 12.5. The third-order valence-electron chi connectivity index (χ3n) is 3.63. The van der Waals surface area contributed by atoms with Crippen molar-refractivity contribution in [1.82, 2.24) is 5.16 Å². The van der Waals surface area contributed by atoms with Gasteiger partial charge in [0.15, 0.2) is 5.82 Å². The second-order valence-electron chi connectivity index (χ2n) is 5.51. The molecule has 0 spiro atoms. The van der Waals surface area contributed by atoms with E-state index in [-0.39, 0.29) is 5.91 Å². The Hall–Kier alpha value is -2.83. The van der Waals surface area contributed by atoms with Crippen molar-refractivity contribution < 1.29 is 18.9 Å². The summed E-state index contributed by atoms with van der Waals surface area (Å²) in [6.07, 6.45) is 0.329. The van der Waals surface area contributed by atoms with Gasteiger partial charge in [0.25, 0.3) is 5.91 Å².